The number of hydrogen-bond donors (Lipinski definition) is 1. The Kier molecular flexibility index (Phi) is 3.86. The molecule has 0 radical (unpaired) electrons. The minimum absolute atomic E-state index is 0.247. The first kappa shape index (κ1) is 11.7. The number of Topliss-reactive ketones (excluding diaryl/α,β-unsaturated/α-hetero) is 1. The Hall–Kier alpha value is -1.35. The predicted molar refractivity (Wildman–Crippen MR) is 57.4 cm³/mol. The lowest BCUT2D eigenvalue weighted by Crippen LogP contribution is -1.89. The van der Waals surface area contributed by atoms with Gasteiger partial charge < -0.3 is 5.11 Å². The van der Waals surface area contributed by atoms with Gasteiger partial charge in [0.25, 0.3) is 5.97 Å². The Morgan fingerprint density at radius 2 is 2.00 bits per heavy atom. The predicted octanol–water partition coefficient (Wildman–Crippen LogP) is 2.56. The number of hydrogen-bond acceptors (Lipinski definition) is 2. The van der Waals surface area contributed by atoms with Crippen molar-refractivity contribution in [3.8, 4) is 0 Å². The van der Waals surface area contributed by atoms with Crippen molar-refractivity contribution in [2.75, 3.05) is 0 Å². The lowest BCUT2D eigenvalue weighted by molar-refractivity contribution is -0.134. The fourth-order valence-electron chi connectivity index (χ4n) is 1.42. The molecule has 0 saturated carbocycles. The van der Waals surface area contributed by atoms with Crippen molar-refractivity contribution in [3.05, 3.63) is 34.3 Å². The molecule has 4 heteroatoms. The van der Waals surface area contributed by atoms with Crippen LogP contribution in [0.4, 0.5) is 0 Å². The van der Waals surface area contributed by atoms with Gasteiger partial charge in [0.2, 0.25) is 0 Å². The summed E-state index contributed by atoms with van der Waals surface area (Å²) in [6.07, 6.45) is 1.50. The summed E-state index contributed by atoms with van der Waals surface area (Å²) >= 11 is 5.76. The van der Waals surface area contributed by atoms with Crippen LogP contribution < -0.4 is 0 Å². The summed E-state index contributed by atoms with van der Waals surface area (Å²) in [5.74, 6) is -0.586. The first-order chi connectivity index (χ1) is 7.00. The largest absolute Gasteiger partial charge is 0.481 e. The number of fused-ring (bicyclic) bond motifs is 1. The Morgan fingerprint density at radius 3 is 2.60 bits per heavy atom. The molecule has 1 aromatic carbocycles. The van der Waals surface area contributed by atoms with Gasteiger partial charge >= 0.3 is 0 Å². The lowest BCUT2D eigenvalue weighted by Gasteiger charge is -1.95. The van der Waals surface area contributed by atoms with Crippen molar-refractivity contribution < 1.29 is 14.7 Å². The van der Waals surface area contributed by atoms with Gasteiger partial charge in [0.1, 0.15) is 0 Å². The van der Waals surface area contributed by atoms with Gasteiger partial charge in [-0.1, -0.05) is 11.6 Å². The summed E-state index contributed by atoms with van der Waals surface area (Å²) in [6, 6.07) is 5.46. The van der Waals surface area contributed by atoms with E-state index >= 15 is 0 Å². The molecule has 0 spiro atoms. The Bertz CT molecular complexity index is 395. The Balaban J connectivity index is 0.000000245. The molecule has 0 aromatic heterocycles. The van der Waals surface area contributed by atoms with E-state index in [4.69, 9.17) is 21.5 Å². The molecule has 0 amide bonds. The van der Waals surface area contributed by atoms with Crippen molar-refractivity contribution >= 4 is 23.4 Å². The van der Waals surface area contributed by atoms with Crippen LogP contribution in [-0.4, -0.2) is 16.9 Å². The zero-order valence-corrected chi connectivity index (χ0v) is 9.04. The minimum Gasteiger partial charge on any atom is -0.481 e. The van der Waals surface area contributed by atoms with E-state index in [1.807, 2.05) is 12.1 Å². The smallest absolute Gasteiger partial charge is 0.300 e. The first-order valence-corrected chi connectivity index (χ1v) is 4.89. The highest BCUT2D eigenvalue weighted by atomic mass is 35.5. The van der Waals surface area contributed by atoms with E-state index < -0.39 is 5.97 Å². The monoisotopic (exact) mass is 226 g/mol. The Morgan fingerprint density at radius 1 is 1.40 bits per heavy atom. The quantitative estimate of drug-likeness (QED) is 0.740. The van der Waals surface area contributed by atoms with E-state index in [0.29, 0.717) is 6.42 Å². The van der Waals surface area contributed by atoms with Gasteiger partial charge in [-0.15, -0.1) is 0 Å². The molecule has 3 nitrogen and oxygen atoms in total. The van der Waals surface area contributed by atoms with Gasteiger partial charge in [-0.3, -0.25) is 9.59 Å². The number of carboxylic acid groups (broad SMARTS) is 1. The standard InChI is InChI=1S/C9H7ClO.C2H4O2/c10-7-2-3-8-6(5-7)1-4-9(8)11;1-2(3)4/h2-3,5H,1,4H2;1H3,(H,3,4). The Labute approximate surface area is 92.7 Å². The first-order valence-electron chi connectivity index (χ1n) is 4.52. The molecule has 0 fully saturated rings. The average molecular weight is 227 g/mol. The topological polar surface area (TPSA) is 54.4 Å². The van der Waals surface area contributed by atoms with Gasteiger partial charge in [-0.05, 0) is 30.2 Å². The van der Waals surface area contributed by atoms with Crippen molar-refractivity contribution in [1.82, 2.24) is 0 Å². The molecule has 0 bridgehead atoms. The second kappa shape index (κ2) is 4.94. The normalized spacial score (nSPS) is 12.8. The van der Waals surface area contributed by atoms with Crippen LogP contribution in [0.1, 0.15) is 29.3 Å². The maximum Gasteiger partial charge on any atom is 0.300 e. The summed E-state index contributed by atoms with van der Waals surface area (Å²) in [5, 5.41) is 8.14. The number of carboxylic acids is 1. The van der Waals surface area contributed by atoms with Crippen LogP contribution in [0.2, 0.25) is 5.02 Å². The molecule has 1 aliphatic rings. The number of aliphatic carboxylic acids is 1. The molecule has 15 heavy (non-hydrogen) atoms. The summed E-state index contributed by atoms with van der Waals surface area (Å²) in [6.45, 7) is 1.08. The van der Waals surface area contributed by atoms with Crippen molar-refractivity contribution in [1.29, 1.82) is 0 Å². The van der Waals surface area contributed by atoms with Crippen LogP contribution in [0.3, 0.4) is 0 Å². The molecule has 1 aliphatic carbocycles. The van der Waals surface area contributed by atoms with Crippen molar-refractivity contribution in [3.63, 3.8) is 0 Å². The summed E-state index contributed by atoms with van der Waals surface area (Å²) in [5.41, 5.74) is 1.96. The molecule has 0 atom stereocenters. The summed E-state index contributed by atoms with van der Waals surface area (Å²) in [7, 11) is 0. The number of benzene rings is 1. The number of carbonyl (C=O) groups is 2. The molecule has 0 saturated heterocycles. The summed E-state index contributed by atoms with van der Waals surface area (Å²) in [4.78, 5) is 20.1. The number of rotatable bonds is 0. The van der Waals surface area contributed by atoms with E-state index in [9.17, 15) is 4.79 Å². The van der Waals surface area contributed by atoms with Gasteiger partial charge in [0, 0.05) is 23.9 Å². The molecule has 1 N–H and O–H groups in total. The molecule has 80 valence electrons. The highest BCUT2D eigenvalue weighted by Gasteiger charge is 2.18. The van der Waals surface area contributed by atoms with Crippen molar-refractivity contribution in [2.24, 2.45) is 0 Å². The molecular weight excluding hydrogens is 216 g/mol. The van der Waals surface area contributed by atoms with Crippen LogP contribution in [0, 0.1) is 0 Å². The zero-order chi connectivity index (χ0) is 11.4. The molecule has 1 aromatic rings. The number of ketones is 1. The van der Waals surface area contributed by atoms with E-state index in [1.165, 1.54) is 0 Å². The maximum atomic E-state index is 11.1. The third-order valence-corrected chi connectivity index (χ3v) is 2.22. The third kappa shape index (κ3) is 3.36. The average Bonchev–Trinajstić information content (AvgIpc) is 2.46. The van der Waals surface area contributed by atoms with E-state index in [2.05, 4.69) is 0 Å². The van der Waals surface area contributed by atoms with E-state index in [1.54, 1.807) is 6.07 Å². The van der Waals surface area contributed by atoms with Crippen LogP contribution in [0.25, 0.3) is 0 Å². The van der Waals surface area contributed by atoms with Crippen LogP contribution in [0.5, 0.6) is 0 Å². The lowest BCUT2D eigenvalue weighted by atomic mass is 10.1. The molecule has 0 aliphatic heterocycles. The van der Waals surface area contributed by atoms with Gasteiger partial charge in [-0.2, -0.15) is 0 Å². The maximum absolute atomic E-state index is 11.1. The van der Waals surface area contributed by atoms with Crippen LogP contribution in [-0.2, 0) is 11.2 Å². The number of carbonyl (C=O) groups excluding carboxylic acids is 1. The second-order valence-electron chi connectivity index (χ2n) is 3.24. The van der Waals surface area contributed by atoms with Gasteiger partial charge in [0.15, 0.2) is 5.78 Å². The highest BCUT2D eigenvalue weighted by Crippen LogP contribution is 2.24. The SMILES string of the molecule is CC(=O)O.O=C1CCc2cc(Cl)ccc21. The molecule has 0 unspecified atom stereocenters. The molecule has 2 rings (SSSR count). The molecule has 0 heterocycles. The molecular formula is C11H11ClO3. The zero-order valence-electron chi connectivity index (χ0n) is 8.29. The number of halogens is 1. The van der Waals surface area contributed by atoms with E-state index in [0.717, 1.165) is 29.5 Å². The van der Waals surface area contributed by atoms with E-state index in [-0.39, 0.29) is 5.78 Å². The fourth-order valence-corrected chi connectivity index (χ4v) is 1.62. The number of aryl methyl sites for hydroxylation is 1. The minimum atomic E-state index is -0.833. The fraction of sp³-hybridized carbons (Fsp3) is 0.273. The van der Waals surface area contributed by atoms with Crippen LogP contribution in [0.15, 0.2) is 18.2 Å². The van der Waals surface area contributed by atoms with Gasteiger partial charge in [-0.25, -0.2) is 0 Å². The third-order valence-electron chi connectivity index (χ3n) is 1.99. The van der Waals surface area contributed by atoms with Crippen molar-refractivity contribution in [2.45, 2.75) is 19.8 Å². The van der Waals surface area contributed by atoms with Gasteiger partial charge in [0.05, 0.1) is 0 Å². The van der Waals surface area contributed by atoms with Crippen LogP contribution >= 0.6 is 11.6 Å². The highest BCUT2D eigenvalue weighted by molar-refractivity contribution is 6.30. The summed E-state index contributed by atoms with van der Waals surface area (Å²) < 4.78 is 0. The second-order valence-corrected chi connectivity index (χ2v) is 3.68.